The van der Waals surface area contributed by atoms with E-state index in [9.17, 15) is 27.2 Å². The highest BCUT2D eigenvalue weighted by molar-refractivity contribution is 8.16. The van der Waals surface area contributed by atoms with Gasteiger partial charge in [0.05, 0.1) is 36.4 Å². The summed E-state index contributed by atoms with van der Waals surface area (Å²) in [5.41, 5.74) is 1.52. The quantitative estimate of drug-likeness (QED) is 0.366. The smallest absolute Gasteiger partial charge is 0.416 e. The predicted molar refractivity (Wildman–Crippen MR) is 131 cm³/mol. The highest BCUT2D eigenvalue weighted by Gasteiger charge is 2.42. The molecule has 11 heteroatoms. The third kappa shape index (κ3) is 5.71. The minimum absolute atomic E-state index is 0.0692. The first kappa shape index (κ1) is 26.5. The van der Waals surface area contributed by atoms with Gasteiger partial charge in [0, 0.05) is 12.2 Å². The Morgan fingerprint density at radius 1 is 1.11 bits per heavy atom. The van der Waals surface area contributed by atoms with Gasteiger partial charge in [-0.15, -0.1) is 0 Å². The van der Waals surface area contributed by atoms with Gasteiger partial charge in [-0.25, -0.2) is 14.2 Å². The zero-order chi connectivity index (χ0) is 26.7. The Kier molecular flexibility index (Phi) is 7.72. The number of nitrogens with zero attached hydrogens (tertiary/aromatic N) is 2. The van der Waals surface area contributed by atoms with E-state index < -0.39 is 23.8 Å². The molecule has 2 aromatic rings. The summed E-state index contributed by atoms with van der Waals surface area (Å²) in [7, 11) is 1.23. The van der Waals surface area contributed by atoms with Gasteiger partial charge in [0.2, 0.25) is 5.91 Å². The summed E-state index contributed by atoms with van der Waals surface area (Å²) >= 11 is 1.26. The van der Waals surface area contributed by atoms with Gasteiger partial charge < -0.3 is 15.0 Å². The number of amides is 1. The Labute approximate surface area is 215 Å². The first-order valence-electron chi connectivity index (χ1n) is 11.4. The van der Waals surface area contributed by atoms with Crippen LogP contribution in [0.15, 0.2) is 75.9 Å². The molecule has 4 rings (SSSR count). The normalized spacial score (nSPS) is 17.2. The number of hydrogen-bond donors (Lipinski definition) is 1. The summed E-state index contributed by atoms with van der Waals surface area (Å²) in [5.74, 6) is -1.36. The number of methoxy groups -OCH3 is 1. The second kappa shape index (κ2) is 10.8. The number of benzene rings is 2. The van der Waals surface area contributed by atoms with E-state index in [-0.39, 0.29) is 30.3 Å². The molecule has 37 heavy (non-hydrogen) atoms. The molecule has 0 saturated heterocycles. The van der Waals surface area contributed by atoms with Crippen molar-refractivity contribution in [2.24, 2.45) is 4.99 Å². The lowest BCUT2D eigenvalue weighted by Gasteiger charge is -2.36. The van der Waals surface area contributed by atoms with Gasteiger partial charge >= 0.3 is 12.1 Å². The van der Waals surface area contributed by atoms with Crippen LogP contribution in [0.25, 0.3) is 0 Å². The molecule has 2 heterocycles. The molecule has 1 N–H and O–H groups in total. The minimum atomic E-state index is -4.51. The van der Waals surface area contributed by atoms with Gasteiger partial charge in [0.15, 0.2) is 5.17 Å². The van der Waals surface area contributed by atoms with E-state index in [4.69, 9.17) is 4.74 Å². The number of hydrogen-bond acceptors (Lipinski definition) is 6. The molecule has 1 unspecified atom stereocenters. The van der Waals surface area contributed by atoms with Crippen LogP contribution in [0.3, 0.4) is 0 Å². The third-order valence-corrected chi connectivity index (χ3v) is 6.82. The van der Waals surface area contributed by atoms with E-state index in [0.29, 0.717) is 28.5 Å². The van der Waals surface area contributed by atoms with E-state index in [0.717, 1.165) is 17.7 Å². The predicted octanol–water partition coefficient (Wildman–Crippen LogP) is 5.69. The molecule has 0 fully saturated rings. The lowest BCUT2D eigenvalue weighted by atomic mass is 9.92. The number of halogens is 4. The second-order valence-corrected chi connectivity index (χ2v) is 9.14. The molecule has 2 aromatic carbocycles. The van der Waals surface area contributed by atoms with Crippen LogP contribution >= 0.6 is 11.8 Å². The van der Waals surface area contributed by atoms with E-state index in [2.05, 4.69) is 10.3 Å². The number of carbonyl (C=O) groups excluding carboxylic acids is 2. The fraction of sp³-hybridized carbons (Fsp3) is 0.269. The average molecular weight is 534 g/mol. The van der Waals surface area contributed by atoms with Crippen LogP contribution in [0.5, 0.6) is 0 Å². The van der Waals surface area contributed by atoms with Crippen LogP contribution < -0.4 is 5.32 Å². The van der Waals surface area contributed by atoms with E-state index >= 15 is 0 Å². The lowest BCUT2D eigenvalue weighted by Crippen LogP contribution is -2.38. The maximum Gasteiger partial charge on any atom is 0.416 e. The number of allylic oxidation sites excluding steroid dienone is 1. The number of amidine groups is 1. The van der Waals surface area contributed by atoms with Crippen molar-refractivity contribution >= 4 is 28.8 Å². The summed E-state index contributed by atoms with van der Waals surface area (Å²) in [6.45, 7) is 2.01. The van der Waals surface area contributed by atoms with E-state index in [1.165, 1.54) is 43.1 Å². The molecule has 1 amide bonds. The van der Waals surface area contributed by atoms with Gasteiger partial charge in [-0.2, -0.15) is 13.2 Å². The molecule has 0 spiro atoms. The molecule has 0 radical (unpaired) electrons. The lowest BCUT2D eigenvalue weighted by molar-refractivity contribution is -0.138. The Bertz CT molecular complexity index is 1290. The molecular weight excluding hydrogens is 510 g/mol. The molecular formula is C26H23F4N3O3S. The van der Waals surface area contributed by atoms with Gasteiger partial charge in [0.25, 0.3) is 0 Å². The van der Waals surface area contributed by atoms with Crippen LogP contribution in [0, 0.1) is 5.82 Å². The summed E-state index contributed by atoms with van der Waals surface area (Å²) in [6, 6.07) is 9.47. The zero-order valence-corrected chi connectivity index (χ0v) is 20.8. The number of carbonyl (C=O) groups is 2. The van der Waals surface area contributed by atoms with Crippen LogP contribution in [-0.2, 0) is 27.0 Å². The molecule has 0 bridgehead atoms. The first-order chi connectivity index (χ1) is 17.6. The summed E-state index contributed by atoms with van der Waals surface area (Å²) in [6.07, 6.45) is -4.18. The Hall–Kier alpha value is -3.60. The zero-order valence-electron chi connectivity index (χ0n) is 19.9. The van der Waals surface area contributed by atoms with Gasteiger partial charge in [-0.05, 0) is 47.2 Å². The maximum absolute atomic E-state index is 13.2. The van der Waals surface area contributed by atoms with Crippen molar-refractivity contribution in [2.75, 3.05) is 7.11 Å². The van der Waals surface area contributed by atoms with Crippen molar-refractivity contribution in [3.8, 4) is 0 Å². The monoisotopic (exact) mass is 533 g/mol. The van der Waals surface area contributed by atoms with Crippen molar-refractivity contribution in [3.05, 3.63) is 93.4 Å². The Balaban J connectivity index is 1.63. The number of ether oxygens (including phenoxy) is 1. The number of nitrogens with one attached hydrogen (secondary N) is 1. The van der Waals surface area contributed by atoms with Crippen LogP contribution in [0.1, 0.15) is 42.5 Å². The molecule has 0 aromatic heterocycles. The van der Waals surface area contributed by atoms with E-state index in [1.807, 2.05) is 6.92 Å². The molecule has 0 saturated carbocycles. The molecule has 1 atom stereocenters. The minimum Gasteiger partial charge on any atom is -0.466 e. The highest BCUT2D eigenvalue weighted by atomic mass is 32.2. The number of esters is 1. The molecule has 2 aliphatic rings. The number of aliphatic imine (C=N–C) groups is 1. The average Bonchev–Trinajstić information content (AvgIpc) is 3.28. The van der Waals surface area contributed by atoms with Crippen molar-refractivity contribution in [1.82, 2.24) is 10.2 Å². The molecule has 6 nitrogen and oxygen atoms in total. The van der Waals surface area contributed by atoms with Crippen molar-refractivity contribution < 1.29 is 31.9 Å². The largest absolute Gasteiger partial charge is 0.466 e. The van der Waals surface area contributed by atoms with Crippen LogP contribution in [-0.4, -0.2) is 29.1 Å². The standard InChI is InChI=1S/C26H23F4N3O3S/c1-3-20-22(24(35)36-2)23(16-6-8-17(9-7-16)26(28,29)30)33-19(14-37-25(33)32-20)12-21(34)31-13-15-4-10-18(27)11-5-15/h4-11,14,23H,3,12-13H2,1-2H3,(H,31,34). The van der Waals surface area contributed by atoms with Crippen molar-refractivity contribution in [2.45, 2.75) is 38.5 Å². The van der Waals surface area contributed by atoms with E-state index in [1.54, 1.807) is 22.4 Å². The fourth-order valence-corrected chi connectivity index (χ4v) is 5.05. The van der Waals surface area contributed by atoms with Crippen molar-refractivity contribution in [3.63, 3.8) is 0 Å². The Morgan fingerprint density at radius 2 is 1.78 bits per heavy atom. The van der Waals surface area contributed by atoms with Crippen molar-refractivity contribution in [1.29, 1.82) is 0 Å². The number of thioether (sulfide) groups is 1. The molecule has 2 aliphatic heterocycles. The van der Waals surface area contributed by atoms with Gasteiger partial charge in [0.1, 0.15) is 5.82 Å². The second-order valence-electron chi connectivity index (χ2n) is 8.30. The van der Waals surface area contributed by atoms with Crippen LogP contribution in [0.2, 0.25) is 0 Å². The summed E-state index contributed by atoms with van der Waals surface area (Å²) in [5, 5.41) is 5.02. The molecule has 0 aliphatic carbocycles. The first-order valence-corrected chi connectivity index (χ1v) is 12.2. The fourth-order valence-electron chi connectivity index (χ4n) is 4.11. The topological polar surface area (TPSA) is 71.0 Å². The maximum atomic E-state index is 13.2. The highest BCUT2D eigenvalue weighted by Crippen LogP contribution is 2.45. The number of alkyl halides is 3. The van der Waals surface area contributed by atoms with Crippen LogP contribution in [0.4, 0.5) is 17.6 Å². The SMILES string of the molecule is CCC1=C(C(=O)OC)C(c2ccc(C(F)(F)F)cc2)N2C(CC(=O)NCc3ccc(F)cc3)=CSC2=N1. The molecule has 194 valence electrons. The summed E-state index contributed by atoms with van der Waals surface area (Å²) < 4.78 is 57.7. The van der Waals surface area contributed by atoms with Gasteiger partial charge in [-0.3, -0.25) is 4.79 Å². The summed E-state index contributed by atoms with van der Waals surface area (Å²) in [4.78, 5) is 31.9. The van der Waals surface area contributed by atoms with Gasteiger partial charge in [-0.1, -0.05) is 43.0 Å². The number of fused-ring (bicyclic) bond motifs is 1. The number of rotatable bonds is 7. The Morgan fingerprint density at radius 3 is 2.38 bits per heavy atom. The third-order valence-electron chi connectivity index (χ3n) is 5.93.